The van der Waals surface area contributed by atoms with Crippen LogP contribution in [0.15, 0.2) is 6.07 Å². The van der Waals surface area contributed by atoms with Crippen molar-refractivity contribution in [2.75, 3.05) is 5.73 Å². The lowest BCUT2D eigenvalue weighted by Crippen LogP contribution is -1.81. The van der Waals surface area contributed by atoms with E-state index in [2.05, 4.69) is 4.37 Å². The molecule has 0 bridgehead atoms. The number of nitrogens with two attached hydrogens (primary N) is 1. The van der Waals surface area contributed by atoms with Crippen LogP contribution in [-0.2, 0) is 0 Å². The van der Waals surface area contributed by atoms with E-state index in [0.717, 1.165) is 22.9 Å². The van der Waals surface area contributed by atoms with Crippen molar-refractivity contribution >= 4 is 43.1 Å². The predicted octanol–water partition coefficient (Wildman–Crippen LogP) is 1.85. The number of nitrogens with zero attached hydrogens (tertiary/aromatic N) is 2. The number of fused-ring (bicyclic) bond motifs is 1. The molecule has 0 atom stereocenters. The number of aromatic nitrogens is 1. The zero-order chi connectivity index (χ0) is 8.72. The number of hydrogen-bond acceptors (Lipinski definition) is 6. The van der Waals surface area contributed by atoms with Gasteiger partial charge in [0.05, 0.1) is 15.7 Å². The van der Waals surface area contributed by atoms with Crippen LogP contribution in [0.2, 0.25) is 0 Å². The molecule has 2 rings (SSSR count). The smallest absolute Gasteiger partial charge is 0.327 e. The Morgan fingerprint density at radius 2 is 2.42 bits per heavy atom. The second-order valence-electron chi connectivity index (χ2n) is 2.10. The monoisotopic (exact) mass is 201 g/mol. The van der Waals surface area contributed by atoms with Crippen LogP contribution in [0.1, 0.15) is 0 Å². The van der Waals surface area contributed by atoms with Gasteiger partial charge < -0.3 is 5.73 Å². The average molecular weight is 201 g/mol. The molecule has 0 saturated carbocycles. The molecule has 0 aliphatic carbocycles. The number of anilines is 1. The van der Waals surface area contributed by atoms with Gasteiger partial charge in [0.25, 0.3) is 0 Å². The first kappa shape index (κ1) is 7.44. The third-order valence-corrected chi connectivity index (χ3v) is 3.27. The third-order valence-electron chi connectivity index (χ3n) is 1.35. The van der Waals surface area contributed by atoms with Crippen molar-refractivity contribution in [3.63, 3.8) is 0 Å². The molecule has 12 heavy (non-hydrogen) atoms. The first-order valence-electron chi connectivity index (χ1n) is 2.97. The van der Waals surface area contributed by atoms with Gasteiger partial charge in [-0.05, 0) is 11.5 Å². The van der Waals surface area contributed by atoms with Crippen LogP contribution in [-0.4, -0.2) is 9.30 Å². The number of thiophene rings is 1. The normalized spacial score (nSPS) is 10.7. The molecule has 0 saturated heterocycles. The highest BCUT2D eigenvalue weighted by molar-refractivity contribution is 7.26. The fourth-order valence-corrected chi connectivity index (χ4v) is 2.43. The van der Waals surface area contributed by atoms with E-state index in [1.165, 1.54) is 6.07 Å². The summed E-state index contributed by atoms with van der Waals surface area (Å²) in [6.07, 6.45) is 0. The Kier molecular flexibility index (Phi) is 1.48. The van der Waals surface area contributed by atoms with Gasteiger partial charge in [-0.1, -0.05) is 11.3 Å². The summed E-state index contributed by atoms with van der Waals surface area (Å²) in [6, 6.07) is 1.44. The zero-order valence-electron chi connectivity index (χ0n) is 5.68. The maximum Gasteiger partial charge on any atom is 0.327 e. The minimum Gasteiger partial charge on any atom is -0.388 e. The van der Waals surface area contributed by atoms with Crippen molar-refractivity contribution in [1.82, 2.24) is 4.37 Å². The fourth-order valence-electron chi connectivity index (χ4n) is 0.843. The third kappa shape index (κ3) is 0.942. The maximum atomic E-state index is 10.3. The molecule has 62 valence electrons. The van der Waals surface area contributed by atoms with Crippen molar-refractivity contribution < 1.29 is 4.92 Å². The average Bonchev–Trinajstić information content (AvgIpc) is 2.53. The lowest BCUT2D eigenvalue weighted by Gasteiger charge is -1.79. The molecule has 2 heterocycles. The molecular weight excluding hydrogens is 198 g/mol. The van der Waals surface area contributed by atoms with Crippen molar-refractivity contribution in [1.29, 1.82) is 0 Å². The molecule has 0 amide bonds. The molecule has 0 unspecified atom stereocenters. The molecule has 0 spiro atoms. The first-order chi connectivity index (χ1) is 5.68. The molecule has 5 nitrogen and oxygen atoms in total. The molecular formula is C5H3N3O2S2. The van der Waals surface area contributed by atoms with Gasteiger partial charge >= 0.3 is 5.00 Å². The SMILES string of the molecule is Nc1snc2cc([N+](=O)[O-])sc12. The van der Waals surface area contributed by atoms with Gasteiger partial charge in [0.2, 0.25) is 0 Å². The number of nitrogen functional groups attached to an aromatic ring is 1. The molecule has 2 aromatic heterocycles. The van der Waals surface area contributed by atoms with E-state index in [4.69, 9.17) is 5.73 Å². The minimum absolute atomic E-state index is 0.0898. The topological polar surface area (TPSA) is 82.0 Å². The zero-order valence-corrected chi connectivity index (χ0v) is 7.32. The van der Waals surface area contributed by atoms with Gasteiger partial charge in [-0.3, -0.25) is 10.1 Å². The Bertz CT molecular complexity index is 446. The Morgan fingerprint density at radius 1 is 1.67 bits per heavy atom. The number of hydrogen-bond donors (Lipinski definition) is 1. The van der Waals surface area contributed by atoms with Crippen LogP contribution in [0.25, 0.3) is 10.2 Å². The van der Waals surface area contributed by atoms with Crippen LogP contribution in [0, 0.1) is 10.1 Å². The molecule has 0 aliphatic rings. The molecule has 0 aliphatic heterocycles. The van der Waals surface area contributed by atoms with Crippen LogP contribution in [0.3, 0.4) is 0 Å². The Hall–Kier alpha value is -1.21. The van der Waals surface area contributed by atoms with Crippen LogP contribution >= 0.6 is 22.9 Å². The molecule has 2 aromatic rings. The van der Waals surface area contributed by atoms with E-state index in [9.17, 15) is 10.1 Å². The molecule has 7 heteroatoms. The van der Waals surface area contributed by atoms with Gasteiger partial charge in [-0.25, -0.2) is 0 Å². The molecule has 0 radical (unpaired) electrons. The minimum atomic E-state index is -0.434. The van der Waals surface area contributed by atoms with Gasteiger partial charge in [-0.15, -0.1) is 0 Å². The summed E-state index contributed by atoms with van der Waals surface area (Å²) in [5.74, 6) is 0. The van der Waals surface area contributed by atoms with Crippen molar-refractivity contribution in [3.05, 3.63) is 16.2 Å². The summed E-state index contributed by atoms with van der Waals surface area (Å²) >= 11 is 2.22. The Balaban J connectivity index is 2.70. The first-order valence-corrected chi connectivity index (χ1v) is 4.56. The summed E-state index contributed by atoms with van der Waals surface area (Å²) in [6.45, 7) is 0. The lowest BCUT2D eigenvalue weighted by molar-refractivity contribution is -0.380. The lowest BCUT2D eigenvalue weighted by atomic mass is 10.5. The summed E-state index contributed by atoms with van der Waals surface area (Å²) in [7, 11) is 0. The second kappa shape index (κ2) is 2.39. The van der Waals surface area contributed by atoms with E-state index in [-0.39, 0.29) is 5.00 Å². The van der Waals surface area contributed by atoms with Crippen molar-refractivity contribution in [3.8, 4) is 0 Å². The number of rotatable bonds is 1. The quantitative estimate of drug-likeness (QED) is 0.563. The van der Waals surface area contributed by atoms with E-state index in [0.29, 0.717) is 15.2 Å². The van der Waals surface area contributed by atoms with Crippen molar-refractivity contribution in [2.24, 2.45) is 0 Å². The summed E-state index contributed by atoms with van der Waals surface area (Å²) in [5.41, 5.74) is 6.15. The molecule has 2 N–H and O–H groups in total. The summed E-state index contributed by atoms with van der Waals surface area (Å²) < 4.78 is 4.66. The van der Waals surface area contributed by atoms with Crippen LogP contribution < -0.4 is 5.73 Å². The van der Waals surface area contributed by atoms with E-state index >= 15 is 0 Å². The van der Waals surface area contributed by atoms with Gasteiger partial charge in [0, 0.05) is 0 Å². The Morgan fingerprint density at radius 3 is 3.00 bits per heavy atom. The van der Waals surface area contributed by atoms with Gasteiger partial charge in [0.15, 0.2) is 0 Å². The van der Waals surface area contributed by atoms with E-state index in [1.807, 2.05) is 0 Å². The number of nitro groups is 1. The van der Waals surface area contributed by atoms with Crippen LogP contribution in [0.4, 0.5) is 10.0 Å². The van der Waals surface area contributed by atoms with Gasteiger partial charge in [0.1, 0.15) is 10.5 Å². The van der Waals surface area contributed by atoms with E-state index in [1.54, 1.807) is 0 Å². The summed E-state index contributed by atoms with van der Waals surface area (Å²) in [5, 5.41) is 11.0. The second-order valence-corrected chi connectivity index (χ2v) is 3.94. The fraction of sp³-hybridized carbons (Fsp3) is 0. The van der Waals surface area contributed by atoms with E-state index < -0.39 is 4.92 Å². The van der Waals surface area contributed by atoms with Gasteiger partial charge in [-0.2, -0.15) is 4.37 Å². The molecule has 0 fully saturated rings. The highest BCUT2D eigenvalue weighted by Gasteiger charge is 2.15. The highest BCUT2D eigenvalue weighted by Crippen LogP contribution is 2.36. The highest BCUT2D eigenvalue weighted by atomic mass is 32.1. The van der Waals surface area contributed by atoms with Crippen molar-refractivity contribution in [2.45, 2.75) is 0 Å². The predicted molar refractivity (Wildman–Crippen MR) is 48.6 cm³/mol. The summed E-state index contributed by atoms with van der Waals surface area (Å²) in [4.78, 5) is 9.90. The molecule has 0 aromatic carbocycles. The van der Waals surface area contributed by atoms with Crippen LogP contribution in [0.5, 0.6) is 0 Å². The Labute approximate surface area is 74.7 Å². The maximum absolute atomic E-state index is 10.3. The largest absolute Gasteiger partial charge is 0.388 e. The standard InChI is InChI=1S/C5H3N3O2S2/c6-5-4-2(7-12-5)1-3(11-4)8(9)10/h1H,6H2.